The quantitative estimate of drug-likeness (QED) is 0.782. The van der Waals surface area contributed by atoms with Crippen LogP contribution in [0.2, 0.25) is 0 Å². The fraction of sp³-hybridized carbons (Fsp3) is 0.625. The average molecular weight is 396 g/mol. The Bertz CT molecular complexity index is 791. The SMILES string of the molecule is C=C1Cc2cc(N3CCN(CCC4CC5(CCCCC5)C(=O)O4)CC3)ccc2N1. The number of hydrogen-bond acceptors (Lipinski definition) is 5. The molecule has 3 heterocycles. The van der Waals surface area contributed by atoms with Crippen LogP contribution in [0.25, 0.3) is 0 Å². The lowest BCUT2D eigenvalue weighted by atomic mass is 9.72. The second kappa shape index (κ2) is 7.67. The van der Waals surface area contributed by atoms with Gasteiger partial charge in [-0.15, -0.1) is 0 Å². The van der Waals surface area contributed by atoms with Crippen LogP contribution in [-0.4, -0.2) is 49.7 Å². The Kier molecular flexibility index (Phi) is 5.02. The van der Waals surface area contributed by atoms with Crippen molar-refractivity contribution in [1.82, 2.24) is 4.90 Å². The van der Waals surface area contributed by atoms with E-state index < -0.39 is 0 Å². The predicted molar refractivity (Wildman–Crippen MR) is 116 cm³/mol. The molecule has 156 valence electrons. The molecule has 2 saturated heterocycles. The molecule has 1 saturated carbocycles. The average Bonchev–Trinajstić information content (AvgIpc) is 3.25. The molecule has 5 nitrogen and oxygen atoms in total. The lowest BCUT2D eigenvalue weighted by Crippen LogP contribution is -2.47. The number of esters is 1. The highest BCUT2D eigenvalue weighted by Crippen LogP contribution is 2.46. The summed E-state index contributed by atoms with van der Waals surface area (Å²) in [5.74, 6) is 0.0980. The molecular weight excluding hydrogens is 362 g/mol. The molecule has 29 heavy (non-hydrogen) atoms. The monoisotopic (exact) mass is 395 g/mol. The summed E-state index contributed by atoms with van der Waals surface area (Å²) in [4.78, 5) is 17.5. The number of fused-ring (bicyclic) bond motifs is 1. The molecule has 1 aliphatic carbocycles. The zero-order chi connectivity index (χ0) is 19.8. The van der Waals surface area contributed by atoms with Gasteiger partial charge in [0.05, 0.1) is 5.41 Å². The van der Waals surface area contributed by atoms with Crippen molar-refractivity contribution < 1.29 is 9.53 Å². The fourth-order valence-electron chi connectivity index (χ4n) is 5.70. The highest BCUT2D eigenvalue weighted by Gasteiger charge is 2.48. The van der Waals surface area contributed by atoms with E-state index in [9.17, 15) is 4.79 Å². The summed E-state index contributed by atoms with van der Waals surface area (Å²) in [6.45, 7) is 9.35. The van der Waals surface area contributed by atoms with Gasteiger partial charge in [0.15, 0.2) is 0 Å². The van der Waals surface area contributed by atoms with E-state index in [2.05, 4.69) is 39.9 Å². The van der Waals surface area contributed by atoms with Crippen molar-refractivity contribution in [3.63, 3.8) is 0 Å². The third-order valence-corrected chi connectivity index (χ3v) is 7.44. The van der Waals surface area contributed by atoms with Crippen LogP contribution in [0.5, 0.6) is 0 Å². The Morgan fingerprint density at radius 2 is 1.93 bits per heavy atom. The summed E-state index contributed by atoms with van der Waals surface area (Å²) in [6, 6.07) is 6.73. The number of hydrogen-bond donors (Lipinski definition) is 1. The van der Waals surface area contributed by atoms with Crippen molar-refractivity contribution in [3.8, 4) is 0 Å². The topological polar surface area (TPSA) is 44.8 Å². The van der Waals surface area contributed by atoms with Gasteiger partial charge >= 0.3 is 5.97 Å². The predicted octanol–water partition coefficient (Wildman–Crippen LogP) is 3.95. The maximum Gasteiger partial charge on any atom is 0.312 e. The number of ether oxygens (including phenoxy) is 1. The summed E-state index contributed by atoms with van der Waals surface area (Å²) < 4.78 is 5.80. The van der Waals surface area contributed by atoms with Crippen LogP contribution in [-0.2, 0) is 16.0 Å². The van der Waals surface area contributed by atoms with Gasteiger partial charge in [-0.25, -0.2) is 0 Å². The van der Waals surface area contributed by atoms with Gasteiger partial charge in [0.1, 0.15) is 6.10 Å². The van der Waals surface area contributed by atoms with Gasteiger partial charge in [0.25, 0.3) is 0 Å². The molecule has 1 spiro atoms. The second-order valence-corrected chi connectivity index (χ2v) is 9.44. The standard InChI is InChI=1S/C24H33N3O2/c1-18-15-19-16-20(5-6-22(19)25-18)27-13-11-26(12-14-27)10-7-21-17-24(23(28)29-21)8-3-2-4-9-24/h5-6,16,21,25H,1-4,7-15,17H2. The molecule has 1 unspecified atom stereocenters. The van der Waals surface area contributed by atoms with Gasteiger partial charge in [0.2, 0.25) is 0 Å². The smallest absolute Gasteiger partial charge is 0.312 e. The van der Waals surface area contributed by atoms with Crippen LogP contribution in [0.4, 0.5) is 11.4 Å². The maximum atomic E-state index is 12.5. The number of nitrogens with zero attached hydrogens (tertiary/aromatic N) is 2. The summed E-state index contributed by atoms with van der Waals surface area (Å²) in [5, 5.41) is 3.35. The molecule has 5 heteroatoms. The first-order chi connectivity index (χ1) is 14.1. The summed E-state index contributed by atoms with van der Waals surface area (Å²) >= 11 is 0. The van der Waals surface area contributed by atoms with Gasteiger partial charge in [-0.3, -0.25) is 9.69 Å². The first-order valence-electron chi connectivity index (χ1n) is 11.4. The first-order valence-corrected chi connectivity index (χ1v) is 11.4. The van der Waals surface area contributed by atoms with E-state index in [1.165, 1.54) is 36.2 Å². The molecule has 3 fully saturated rings. The van der Waals surface area contributed by atoms with E-state index >= 15 is 0 Å². The fourth-order valence-corrected chi connectivity index (χ4v) is 5.70. The Morgan fingerprint density at radius 1 is 1.14 bits per heavy atom. The summed E-state index contributed by atoms with van der Waals surface area (Å²) in [5.41, 5.74) is 4.84. The molecule has 4 aliphatic rings. The van der Waals surface area contributed by atoms with E-state index in [1.807, 2.05) is 0 Å². The van der Waals surface area contributed by atoms with Crippen LogP contribution in [0.1, 0.15) is 50.5 Å². The Morgan fingerprint density at radius 3 is 2.72 bits per heavy atom. The third-order valence-electron chi connectivity index (χ3n) is 7.44. The van der Waals surface area contributed by atoms with E-state index in [0.29, 0.717) is 0 Å². The third kappa shape index (κ3) is 3.77. The molecule has 1 aromatic rings. The zero-order valence-electron chi connectivity index (χ0n) is 17.4. The molecular formula is C24H33N3O2. The van der Waals surface area contributed by atoms with E-state index in [-0.39, 0.29) is 17.5 Å². The number of nitrogens with one attached hydrogen (secondary N) is 1. The normalized spacial score (nSPS) is 26.5. The molecule has 0 radical (unpaired) electrons. The zero-order valence-corrected chi connectivity index (χ0v) is 17.4. The minimum Gasteiger partial charge on any atom is -0.462 e. The number of piperazine rings is 1. The van der Waals surface area contributed by atoms with Gasteiger partial charge in [-0.2, -0.15) is 0 Å². The minimum atomic E-state index is -0.130. The molecule has 3 aliphatic heterocycles. The van der Waals surface area contributed by atoms with Crippen molar-refractivity contribution in [1.29, 1.82) is 0 Å². The van der Waals surface area contributed by atoms with Gasteiger partial charge in [-0.1, -0.05) is 25.8 Å². The Labute approximate surface area is 174 Å². The molecule has 0 amide bonds. The Balaban J connectivity index is 1.10. The molecule has 1 aromatic carbocycles. The minimum absolute atomic E-state index is 0.0980. The largest absolute Gasteiger partial charge is 0.462 e. The number of anilines is 2. The first kappa shape index (κ1) is 19.0. The van der Waals surface area contributed by atoms with Crippen LogP contribution >= 0.6 is 0 Å². The lowest BCUT2D eigenvalue weighted by molar-refractivity contribution is -0.150. The van der Waals surface area contributed by atoms with Gasteiger partial charge < -0.3 is 15.0 Å². The van der Waals surface area contributed by atoms with Crippen LogP contribution in [0.3, 0.4) is 0 Å². The number of benzene rings is 1. The molecule has 0 bridgehead atoms. The number of rotatable bonds is 4. The second-order valence-electron chi connectivity index (χ2n) is 9.44. The highest BCUT2D eigenvalue weighted by atomic mass is 16.6. The summed E-state index contributed by atoms with van der Waals surface area (Å²) in [6.07, 6.45) is 8.77. The van der Waals surface area contributed by atoms with E-state index in [0.717, 1.165) is 70.5 Å². The van der Waals surface area contributed by atoms with Crippen molar-refractivity contribution in [2.75, 3.05) is 42.9 Å². The van der Waals surface area contributed by atoms with Crippen LogP contribution in [0.15, 0.2) is 30.5 Å². The van der Waals surface area contributed by atoms with E-state index in [4.69, 9.17) is 4.74 Å². The molecule has 0 aromatic heterocycles. The van der Waals surface area contributed by atoms with Gasteiger partial charge in [-0.05, 0) is 43.0 Å². The van der Waals surface area contributed by atoms with Gasteiger partial charge in [0, 0.05) is 62.6 Å². The lowest BCUT2D eigenvalue weighted by Gasteiger charge is -2.36. The number of carbonyl (C=O) groups excluding carboxylic acids is 1. The van der Waals surface area contributed by atoms with Crippen molar-refractivity contribution in [3.05, 3.63) is 36.0 Å². The van der Waals surface area contributed by atoms with Crippen molar-refractivity contribution >= 4 is 17.3 Å². The van der Waals surface area contributed by atoms with Crippen LogP contribution < -0.4 is 10.2 Å². The molecule has 1 atom stereocenters. The van der Waals surface area contributed by atoms with Crippen LogP contribution in [0, 0.1) is 5.41 Å². The van der Waals surface area contributed by atoms with Crippen molar-refractivity contribution in [2.45, 2.75) is 57.5 Å². The highest BCUT2D eigenvalue weighted by molar-refractivity contribution is 5.79. The number of allylic oxidation sites excluding steroid dienone is 1. The maximum absolute atomic E-state index is 12.5. The molecule has 5 rings (SSSR count). The Hall–Kier alpha value is -2.01. The number of cyclic esters (lactones) is 1. The van der Waals surface area contributed by atoms with Crippen molar-refractivity contribution in [2.24, 2.45) is 5.41 Å². The summed E-state index contributed by atoms with van der Waals surface area (Å²) in [7, 11) is 0. The molecule has 1 N–H and O–H groups in total. The number of carbonyl (C=O) groups is 1. The van der Waals surface area contributed by atoms with E-state index in [1.54, 1.807) is 0 Å².